The molecule has 3 aromatic carbocycles. The molecule has 0 saturated carbocycles. The molecule has 1 saturated heterocycles. The highest BCUT2D eigenvalue weighted by molar-refractivity contribution is 6.51. The van der Waals surface area contributed by atoms with Crippen LogP contribution in [0.3, 0.4) is 0 Å². The van der Waals surface area contributed by atoms with E-state index in [1.807, 2.05) is 26.8 Å². The van der Waals surface area contributed by atoms with E-state index in [1.165, 1.54) is 23.1 Å². The number of hydrogen-bond acceptors (Lipinski definition) is 4. The number of aliphatic hydroxyl groups excluding tert-OH is 1. The number of hydrogen-bond donors (Lipinski definition) is 1. The fraction of sp³-hybridized carbons (Fsp3) is 0.185. The summed E-state index contributed by atoms with van der Waals surface area (Å²) in [5.41, 5.74) is 1.57. The zero-order chi connectivity index (χ0) is 23.7. The fourth-order valence-electron chi connectivity index (χ4n) is 4.01. The summed E-state index contributed by atoms with van der Waals surface area (Å²) < 4.78 is 20.6. The van der Waals surface area contributed by atoms with Crippen LogP contribution in [0.15, 0.2) is 78.4 Å². The SMILES string of the molecule is Cc1cccc(N2C(=O)C(=O)/C(=C(/O)c3cccc(OC(C)C)c3)C2c2ccccc2F)c1. The largest absolute Gasteiger partial charge is 0.507 e. The Morgan fingerprint density at radius 3 is 2.42 bits per heavy atom. The molecule has 0 aliphatic carbocycles. The number of carbonyl (C=O) groups is 2. The highest BCUT2D eigenvalue weighted by atomic mass is 19.1. The molecular formula is C27H24FNO4. The van der Waals surface area contributed by atoms with Crippen molar-refractivity contribution in [3.05, 3.63) is 101 Å². The smallest absolute Gasteiger partial charge is 0.300 e. The van der Waals surface area contributed by atoms with E-state index in [2.05, 4.69) is 0 Å². The van der Waals surface area contributed by atoms with E-state index in [-0.39, 0.29) is 23.0 Å². The van der Waals surface area contributed by atoms with E-state index >= 15 is 0 Å². The molecule has 6 heteroatoms. The van der Waals surface area contributed by atoms with Crippen molar-refractivity contribution >= 4 is 23.1 Å². The molecular weight excluding hydrogens is 421 g/mol. The van der Waals surface area contributed by atoms with Gasteiger partial charge in [0.05, 0.1) is 17.7 Å². The Balaban J connectivity index is 1.93. The van der Waals surface area contributed by atoms with E-state index in [9.17, 15) is 19.1 Å². The maximum absolute atomic E-state index is 14.9. The van der Waals surface area contributed by atoms with E-state index in [4.69, 9.17) is 4.74 Å². The van der Waals surface area contributed by atoms with Crippen LogP contribution in [0.2, 0.25) is 0 Å². The van der Waals surface area contributed by atoms with Gasteiger partial charge in [-0.3, -0.25) is 14.5 Å². The number of nitrogens with zero attached hydrogens (tertiary/aromatic N) is 1. The molecule has 5 nitrogen and oxygen atoms in total. The lowest BCUT2D eigenvalue weighted by molar-refractivity contribution is -0.132. The average molecular weight is 445 g/mol. The Morgan fingerprint density at radius 1 is 1.00 bits per heavy atom. The van der Waals surface area contributed by atoms with Gasteiger partial charge in [-0.25, -0.2) is 4.39 Å². The van der Waals surface area contributed by atoms with Gasteiger partial charge in [-0.1, -0.05) is 42.5 Å². The number of ether oxygens (including phenoxy) is 1. The van der Waals surface area contributed by atoms with E-state index < -0.39 is 23.5 Å². The summed E-state index contributed by atoms with van der Waals surface area (Å²) in [6.45, 7) is 5.61. The molecule has 0 radical (unpaired) electrons. The highest BCUT2D eigenvalue weighted by Crippen LogP contribution is 2.43. The number of amides is 1. The van der Waals surface area contributed by atoms with Crippen LogP contribution in [0.5, 0.6) is 5.75 Å². The normalized spacial score (nSPS) is 17.6. The number of rotatable bonds is 5. The molecule has 1 heterocycles. The van der Waals surface area contributed by atoms with Crippen LogP contribution < -0.4 is 9.64 Å². The van der Waals surface area contributed by atoms with Crippen molar-refractivity contribution in [2.45, 2.75) is 32.9 Å². The van der Waals surface area contributed by atoms with Crippen molar-refractivity contribution in [2.75, 3.05) is 4.90 Å². The molecule has 1 unspecified atom stereocenters. The standard InChI is InChI=1S/C27H24FNO4/c1-16(2)33-20-11-7-9-18(15-20)25(30)23-24(21-12-4-5-13-22(21)28)29(27(32)26(23)31)19-10-6-8-17(3)14-19/h4-16,24,30H,1-3H3/b25-23+. The van der Waals surface area contributed by atoms with Gasteiger partial charge in [-0.15, -0.1) is 0 Å². The first-order chi connectivity index (χ1) is 15.8. The molecule has 0 bridgehead atoms. The minimum Gasteiger partial charge on any atom is -0.507 e. The number of aryl methyl sites for hydroxylation is 1. The van der Waals surface area contributed by atoms with Gasteiger partial charge in [0.15, 0.2) is 0 Å². The van der Waals surface area contributed by atoms with E-state index in [1.54, 1.807) is 48.5 Å². The zero-order valence-corrected chi connectivity index (χ0v) is 18.6. The van der Waals surface area contributed by atoms with Gasteiger partial charge in [-0.2, -0.15) is 0 Å². The molecule has 1 aliphatic heterocycles. The summed E-state index contributed by atoms with van der Waals surface area (Å²) in [6, 6.07) is 18.5. The molecule has 1 amide bonds. The Kier molecular flexibility index (Phi) is 6.01. The summed E-state index contributed by atoms with van der Waals surface area (Å²) in [4.78, 5) is 27.6. The second-order valence-corrected chi connectivity index (χ2v) is 8.22. The number of halogens is 1. The Hall–Kier alpha value is -3.93. The molecule has 1 aliphatic rings. The van der Waals surface area contributed by atoms with Gasteiger partial charge in [0.1, 0.15) is 17.3 Å². The summed E-state index contributed by atoms with van der Waals surface area (Å²) in [5.74, 6) is -2.16. The Morgan fingerprint density at radius 2 is 1.73 bits per heavy atom. The maximum Gasteiger partial charge on any atom is 0.300 e. The van der Waals surface area contributed by atoms with Crippen LogP contribution in [-0.2, 0) is 9.59 Å². The molecule has 33 heavy (non-hydrogen) atoms. The molecule has 1 fully saturated rings. The van der Waals surface area contributed by atoms with Crippen molar-refractivity contribution in [3.8, 4) is 5.75 Å². The average Bonchev–Trinajstić information content (AvgIpc) is 3.04. The first-order valence-corrected chi connectivity index (χ1v) is 10.7. The maximum atomic E-state index is 14.9. The van der Waals surface area contributed by atoms with Gasteiger partial charge in [0.25, 0.3) is 11.7 Å². The monoisotopic (exact) mass is 445 g/mol. The van der Waals surface area contributed by atoms with Crippen molar-refractivity contribution in [1.82, 2.24) is 0 Å². The minimum absolute atomic E-state index is 0.0901. The quantitative estimate of drug-likeness (QED) is 0.318. The third kappa shape index (κ3) is 4.24. The molecule has 3 aromatic rings. The van der Waals surface area contributed by atoms with Gasteiger partial charge in [-0.05, 0) is 56.7 Å². The molecule has 0 aromatic heterocycles. The summed E-state index contributed by atoms with van der Waals surface area (Å²) in [7, 11) is 0. The van der Waals surface area contributed by atoms with Crippen LogP contribution in [0.1, 0.15) is 36.6 Å². The van der Waals surface area contributed by atoms with Crippen molar-refractivity contribution in [1.29, 1.82) is 0 Å². The van der Waals surface area contributed by atoms with Crippen molar-refractivity contribution < 1.29 is 23.8 Å². The predicted molar refractivity (Wildman–Crippen MR) is 125 cm³/mol. The first-order valence-electron chi connectivity index (χ1n) is 10.7. The van der Waals surface area contributed by atoms with Gasteiger partial charge in [0.2, 0.25) is 0 Å². The second kappa shape index (κ2) is 8.90. The van der Waals surface area contributed by atoms with Crippen molar-refractivity contribution in [3.63, 3.8) is 0 Å². The van der Waals surface area contributed by atoms with Crippen LogP contribution in [0.4, 0.5) is 10.1 Å². The minimum atomic E-state index is -1.12. The number of aliphatic hydroxyl groups is 1. The van der Waals surface area contributed by atoms with Crippen LogP contribution in [-0.4, -0.2) is 22.9 Å². The lowest BCUT2D eigenvalue weighted by Crippen LogP contribution is -2.29. The molecule has 1 atom stereocenters. The third-order valence-corrected chi connectivity index (χ3v) is 5.40. The molecule has 4 rings (SSSR count). The summed E-state index contributed by atoms with van der Waals surface area (Å²) in [6.07, 6.45) is -0.0901. The van der Waals surface area contributed by atoms with E-state index in [0.717, 1.165) is 5.56 Å². The van der Waals surface area contributed by atoms with Crippen molar-refractivity contribution in [2.24, 2.45) is 0 Å². The summed E-state index contributed by atoms with van der Waals surface area (Å²) in [5, 5.41) is 11.2. The summed E-state index contributed by atoms with van der Waals surface area (Å²) >= 11 is 0. The lowest BCUT2D eigenvalue weighted by atomic mass is 9.94. The van der Waals surface area contributed by atoms with Gasteiger partial charge < -0.3 is 9.84 Å². The highest BCUT2D eigenvalue weighted by Gasteiger charge is 2.47. The fourth-order valence-corrected chi connectivity index (χ4v) is 4.01. The number of benzene rings is 3. The van der Waals surface area contributed by atoms with Gasteiger partial charge in [0, 0.05) is 16.8 Å². The van der Waals surface area contributed by atoms with Gasteiger partial charge >= 0.3 is 0 Å². The second-order valence-electron chi connectivity index (χ2n) is 8.22. The number of ketones is 1. The number of carbonyl (C=O) groups excluding carboxylic acids is 2. The topological polar surface area (TPSA) is 66.8 Å². The lowest BCUT2D eigenvalue weighted by Gasteiger charge is -2.26. The van der Waals surface area contributed by atoms with Crippen LogP contribution in [0.25, 0.3) is 5.76 Å². The number of anilines is 1. The van der Waals surface area contributed by atoms with Crippen LogP contribution in [0, 0.1) is 12.7 Å². The number of Topliss-reactive ketones (excluding diaryl/α,β-unsaturated/α-hetero) is 1. The van der Waals surface area contributed by atoms with Crippen LogP contribution >= 0.6 is 0 Å². The molecule has 0 spiro atoms. The first kappa shape index (κ1) is 22.3. The Labute approximate surface area is 191 Å². The predicted octanol–water partition coefficient (Wildman–Crippen LogP) is 5.55. The molecule has 168 valence electrons. The van der Waals surface area contributed by atoms with E-state index in [0.29, 0.717) is 17.0 Å². The Bertz CT molecular complexity index is 1260. The third-order valence-electron chi connectivity index (χ3n) is 5.40. The molecule has 1 N–H and O–H groups in total. The zero-order valence-electron chi connectivity index (χ0n) is 18.6.